The number of aryl methyl sites for hydroxylation is 1. The molecule has 3 aromatic rings. The van der Waals surface area contributed by atoms with E-state index in [9.17, 15) is 9.59 Å². The number of ether oxygens (including phenoxy) is 2. The Morgan fingerprint density at radius 1 is 1.16 bits per heavy atom. The summed E-state index contributed by atoms with van der Waals surface area (Å²) in [5.41, 5.74) is 0.796. The van der Waals surface area contributed by atoms with Crippen LogP contribution in [-0.2, 0) is 20.7 Å². The standard InChI is InChI=1S/C19H21N5O5S2/c1-3-27-13-7-5-12(6-8-13)17-21-15(29-24-17)10-9-14(25)20-18-22-23-19(31-18)30-11-16(26)28-4-2/h5-8H,3-4,9-11H2,1-2H3,(H,20,22,25). The molecule has 2 heterocycles. The second-order valence-corrected chi connectivity index (χ2v) is 8.18. The number of carbonyl (C=O) groups excluding carboxylic acids is 2. The van der Waals surface area contributed by atoms with Gasteiger partial charge in [-0.05, 0) is 38.1 Å². The predicted octanol–water partition coefficient (Wildman–Crippen LogP) is 3.21. The van der Waals surface area contributed by atoms with Crippen molar-refractivity contribution in [3.63, 3.8) is 0 Å². The fraction of sp³-hybridized carbons (Fsp3) is 0.368. The lowest BCUT2D eigenvalue weighted by Gasteiger charge is -2.02. The molecule has 0 aliphatic rings. The van der Waals surface area contributed by atoms with E-state index < -0.39 is 0 Å². The number of nitrogens with one attached hydrogen (secondary N) is 1. The molecule has 0 fully saturated rings. The summed E-state index contributed by atoms with van der Waals surface area (Å²) in [7, 11) is 0. The molecular weight excluding hydrogens is 442 g/mol. The number of benzene rings is 1. The molecular formula is C19H21N5O5S2. The molecule has 10 nitrogen and oxygen atoms in total. The van der Waals surface area contributed by atoms with Crippen molar-refractivity contribution in [1.29, 1.82) is 0 Å². The van der Waals surface area contributed by atoms with Gasteiger partial charge in [-0.25, -0.2) is 0 Å². The number of anilines is 1. The van der Waals surface area contributed by atoms with Crippen LogP contribution >= 0.6 is 23.1 Å². The highest BCUT2D eigenvalue weighted by molar-refractivity contribution is 8.01. The summed E-state index contributed by atoms with van der Waals surface area (Å²) in [5.74, 6) is 1.15. The maximum atomic E-state index is 12.2. The number of esters is 1. The van der Waals surface area contributed by atoms with Crippen molar-refractivity contribution in [2.24, 2.45) is 0 Å². The lowest BCUT2D eigenvalue weighted by Crippen LogP contribution is -2.12. The Morgan fingerprint density at radius 3 is 2.71 bits per heavy atom. The van der Waals surface area contributed by atoms with Gasteiger partial charge in [-0.3, -0.25) is 9.59 Å². The summed E-state index contributed by atoms with van der Waals surface area (Å²) in [6, 6.07) is 7.37. The van der Waals surface area contributed by atoms with E-state index in [1.807, 2.05) is 31.2 Å². The molecule has 1 aromatic carbocycles. The summed E-state index contributed by atoms with van der Waals surface area (Å²) in [4.78, 5) is 27.9. The fourth-order valence-electron chi connectivity index (χ4n) is 2.38. The van der Waals surface area contributed by atoms with E-state index in [2.05, 4.69) is 25.7 Å². The minimum Gasteiger partial charge on any atom is -0.494 e. The highest BCUT2D eigenvalue weighted by Gasteiger charge is 2.14. The second kappa shape index (κ2) is 11.4. The third-order valence-electron chi connectivity index (χ3n) is 3.73. The molecule has 164 valence electrons. The van der Waals surface area contributed by atoms with Gasteiger partial charge in [-0.1, -0.05) is 28.3 Å². The molecule has 0 atom stereocenters. The Bertz CT molecular complexity index is 1010. The number of hydrogen-bond donors (Lipinski definition) is 1. The Balaban J connectivity index is 1.45. The van der Waals surface area contributed by atoms with Gasteiger partial charge in [0.25, 0.3) is 0 Å². The number of amides is 1. The van der Waals surface area contributed by atoms with Gasteiger partial charge in [-0.15, -0.1) is 10.2 Å². The molecule has 0 radical (unpaired) electrons. The Kier molecular flexibility index (Phi) is 8.35. The van der Waals surface area contributed by atoms with Crippen molar-refractivity contribution in [3.8, 4) is 17.1 Å². The number of rotatable bonds is 11. The van der Waals surface area contributed by atoms with Gasteiger partial charge >= 0.3 is 5.97 Å². The van der Waals surface area contributed by atoms with E-state index in [1.54, 1.807) is 6.92 Å². The van der Waals surface area contributed by atoms with E-state index in [0.29, 0.717) is 40.8 Å². The molecule has 0 bridgehead atoms. The monoisotopic (exact) mass is 463 g/mol. The third-order valence-corrected chi connectivity index (χ3v) is 5.67. The first-order chi connectivity index (χ1) is 15.1. The molecule has 0 aliphatic carbocycles. The first kappa shape index (κ1) is 22.7. The SMILES string of the molecule is CCOC(=O)CSc1nnc(NC(=O)CCc2nc(-c3ccc(OCC)cc3)no2)s1. The van der Waals surface area contributed by atoms with E-state index >= 15 is 0 Å². The van der Waals surface area contributed by atoms with Crippen molar-refractivity contribution in [2.75, 3.05) is 24.3 Å². The van der Waals surface area contributed by atoms with Gasteiger partial charge in [-0.2, -0.15) is 4.98 Å². The second-order valence-electron chi connectivity index (χ2n) is 5.98. The third kappa shape index (κ3) is 7.03. The molecule has 1 amide bonds. The lowest BCUT2D eigenvalue weighted by molar-refractivity contribution is -0.139. The van der Waals surface area contributed by atoms with Crippen molar-refractivity contribution < 1.29 is 23.6 Å². The zero-order valence-electron chi connectivity index (χ0n) is 17.0. The Hall–Kier alpha value is -2.99. The minimum atomic E-state index is -0.322. The number of carbonyl (C=O) groups is 2. The summed E-state index contributed by atoms with van der Waals surface area (Å²) in [6.07, 6.45) is 0.439. The van der Waals surface area contributed by atoms with Gasteiger partial charge in [0.1, 0.15) is 5.75 Å². The van der Waals surface area contributed by atoms with Gasteiger partial charge in [0, 0.05) is 18.4 Å². The van der Waals surface area contributed by atoms with Crippen LogP contribution in [0.2, 0.25) is 0 Å². The molecule has 12 heteroatoms. The first-order valence-electron chi connectivity index (χ1n) is 9.55. The molecule has 3 rings (SSSR count). The van der Waals surface area contributed by atoms with Crippen molar-refractivity contribution in [1.82, 2.24) is 20.3 Å². The van der Waals surface area contributed by atoms with Crippen LogP contribution in [0.5, 0.6) is 5.75 Å². The van der Waals surface area contributed by atoms with Gasteiger partial charge < -0.3 is 19.3 Å². The summed E-state index contributed by atoms with van der Waals surface area (Å²) in [6.45, 7) is 4.60. The van der Waals surface area contributed by atoms with E-state index in [-0.39, 0.29) is 24.1 Å². The quantitative estimate of drug-likeness (QED) is 0.257. The molecule has 0 unspecified atom stereocenters. The maximum Gasteiger partial charge on any atom is 0.316 e. The van der Waals surface area contributed by atoms with Crippen molar-refractivity contribution in [2.45, 2.75) is 31.0 Å². The van der Waals surface area contributed by atoms with Crippen LogP contribution in [0.15, 0.2) is 33.1 Å². The number of aromatic nitrogens is 4. The van der Waals surface area contributed by atoms with Crippen molar-refractivity contribution >= 4 is 40.1 Å². The lowest BCUT2D eigenvalue weighted by atomic mass is 10.2. The Morgan fingerprint density at radius 2 is 1.97 bits per heavy atom. The van der Waals surface area contributed by atoms with Crippen LogP contribution in [0.3, 0.4) is 0 Å². The smallest absolute Gasteiger partial charge is 0.316 e. The van der Waals surface area contributed by atoms with Gasteiger partial charge in [0.15, 0.2) is 4.34 Å². The molecule has 0 spiro atoms. The average molecular weight is 464 g/mol. The zero-order chi connectivity index (χ0) is 22.1. The topological polar surface area (TPSA) is 129 Å². The molecule has 0 aliphatic heterocycles. The summed E-state index contributed by atoms with van der Waals surface area (Å²) >= 11 is 2.40. The highest BCUT2D eigenvalue weighted by atomic mass is 32.2. The van der Waals surface area contributed by atoms with Crippen LogP contribution in [0.1, 0.15) is 26.2 Å². The largest absolute Gasteiger partial charge is 0.494 e. The number of hydrogen-bond acceptors (Lipinski definition) is 11. The minimum absolute atomic E-state index is 0.143. The molecule has 1 N–H and O–H groups in total. The number of nitrogens with zero attached hydrogens (tertiary/aromatic N) is 4. The van der Waals surface area contributed by atoms with Crippen LogP contribution in [-0.4, -0.2) is 51.2 Å². The van der Waals surface area contributed by atoms with E-state index in [0.717, 1.165) is 11.3 Å². The van der Waals surface area contributed by atoms with Crippen molar-refractivity contribution in [3.05, 3.63) is 30.2 Å². The first-order valence-corrected chi connectivity index (χ1v) is 11.3. The van der Waals surface area contributed by atoms with E-state index in [1.165, 1.54) is 23.1 Å². The Labute approximate surface area is 186 Å². The summed E-state index contributed by atoms with van der Waals surface area (Å²) < 4.78 is 16.1. The molecule has 0 saturated carbocycles. The van der Waals surface area contributed by atoms with Gasteiger partial charge in [0.2, 0.25) is 22.8 Å². The highest BCUT2D eigenvalue weighted by Crippen LogP contribution is 2.25. The van der Waals surface area contributed by atoms with Crippen LogP contribution in [0, 0.1) is 0 Å². The average Bonchev–Trinajstić information content (AvgIpc) is 3.41. The number of thioether (sulfide) groups is 1. The molecule has 2 aromatic heterocycles. The maximum absolute atomic E-state index is 12.2. The molecule has 31 heavy (non-hydrogen) atoms. The van der Waals surface area contributed by atoms with Crippen LogP contribution in [0.4, 0.5) is 5.13 Å². The normalized spacial score (nSPS) is 10.6. The predicted molar refractivity (Wildman–Crippen MR) is 115 cm³/mol. The zero-order valence-corrected chi connectivity index (χ0v) is 18.6. The van der Waals surface area contributed by atoms with E-state index in [4.69, 9.17) is 14.0 Å². The van der Waals surface area contributed by atoms with Crippen LogP contribution in [0.25, 0.3) is 11.4 Å². The van der Waals surface area contributed by atoms with Gasteiger partial charge in [0.05, 0.1) is 19.0 Å². The van der Waals surface area contributed by atoms with Crippen LogP contribution < -0.4 is 10.1 Å². The fourth-order valence-corrected chi connectivity index (χ4v) is 3.95. The molecule has 0 saturated heterocycles. The summed E-state index contributed by atoms with van der Waals surface area (Å²) in [5, 5.41) is 14.8.